The Bertz CT molecular complexity index is 1000. The molecule has 118 valence electrons. The zero-order valence-corrected chi connectivity index (χ0v) is 13.7. The van der Waals surface area contributed by atoms with Gasteiger partial charge in [-0.25, -0.2) is 13.4 Å². The number of para-hydroxylation sites is 2. The van der Waals surface area contributed by atoms with E-state index in [9.17, 15) is 13.2 Å². The molecule has 23 heavy (non-hydrogen) atoms. The van der Waals surface area contributed by atoms with Gasteiger partial charge in [-0.3, -0.25) is 4.79 Å². The number of ketones is 1. The van der Waals surface area contributed by atoms with Crippen molar-refractivity contribution in [2.24, 2.45) is 0 Å². The first-order chi connectivity index (χ1) is 10.9. The number of aryl methyl sites for hydroxylation is 1. The fourth-order valence-electron chi connectivity index (χ4n) is 2.60. The lowest BCUT2D eigenvalue weighted by atomic mass is 10.1. The maximum atomic E-state index is 12.6. The summed E-state index contributed by atoms with van der Waals surface area (Å²) in [5.74, 6) is -0.142. The minimum Gasteiger partial charge on any atom is -0.307 e. The summed E-state index contributed by atoms with van der Waals surface area (Å²) in [5.41, 5.74) is 2.65. The lowest BCUT2D eigenvalue weighted by molar-refractivity contribution is 0.0970. The minimum atomic E-state index is -3.53. The topological polar surface area (TPSA) is 69.0 Å². The van der Waals surface area contributed by atoms with Crippen molar-refractivity contribution in [3.8, 4) is 0 Å². The van der Waals surface area contributed by atoms with E-state index in [-0.39, 0.29) is 17.5 Å². The molecule has 0 atom stereocenters. The van der Waals surface area contributed by atoms with E-state index in [1.807, 2.05) is 19.1 Å². The Kier molecular flexibility index (Phi) is 3.77. The van der Waals surface area contributed by atoms with Crippen LogP contribution in [0.1, 0.15) is 15.9 Å². The summed E-state index contributed by atoms with van der Waals surface area (Å²) in [6.07, 6.45) is 1.10. The SMILES string of the molecule is Cc1ccccc1C(=O)Cn1c(S(C)(=O)=O)nc2ccccc21. The van der Waals surface area contributed by atoms with E-state index in [2.05, 4.69) is 4.98 Å². The third kappa shape index (κ3) is 2.90. The highest BCUT2D eigenvalue weighted by atomic mass is 32.2. The molecule has 3 rings (SSSR count). The van der Waals surface area contributed by atoms with Crippen molar-refractivity contribution >= 4 is 26.7 Å². The largest absolute Gasteiger partial charge is 0.307 e. The van der Waals surface area contributed by atoms with E-state index < -0.39 is 9.84 Å². The lowest BCUT2D eigenvalue weighted by Crippen LogP contribution is -2.16. The van der Waals surface area contributed by atoms with Crippen molar-refractivity contribution in [2.45, 2.75) is 18.6 Å². The first-order valence-corrected chi connectivity index (χ1v) is 9.01. The molecule has 0 radical (unpaired) electrons. The Balaban J connectivity index is 2.13. The van der Waals surface area contributed by atoms with Gasteiger partial charge in [-0.05, 0) is 24.6 Å². The molecule has 2 aromatic carbocycles. The third-order valence-electron chi connectivity index (χ3n) is 3.70. The van der Waals surface area contributed by atoms with Crippen molar-refractivity contribution < 1.29 is 13.2 Å². The Morgan fingerprint density at radius 2 is 1.74 bits per heavy atom. The van der Waals surface area contributed by atoms with E-state index in [1.165, 1.54) is 4.57 Å². The molecular weight excluding hydrogens is 312 g/mol. The van der Waals surface area contributed by atoms with Crippen molar-refractivity contribution in [2.75, 3.05) is 6.26 Å². The number of sulfone groups is 1. The first kappa shape index (κ1) is 15.4. The lowest BCUT2D eigenvalue weighted by Gasteiger charge is -2.09. The van der Waals surface area contributed by atoms with Crippen LogP contribution in [0.3, 0.4) is 0 Å². The quantitative estimate of drug-likeness (QED) is 0.690. The maximum Gasteiger partial charge on any atom is 0.228 e. The highest BCUT2D eigenvalue weighted by molar-refractivity contribution is 7.90. The Hall–Kier alpha value is -2.47. The smallest absolute Gasteiger partial charge is 0.228 e. The second-order valence-electron chi connectivity index (χ2n) is 5.48. The molecule has 0 spiro atoms. The molecule has 0 fully saturated rings. The summed E-state index contributed by atoms with van der Waals surface area (Å²) in [6.45, 7) is 1.80. The molecule has 5 nitrogen and oxygen atoms in total. The van der Waals surface area contributed by atoms with Crippen LogP contribution in [0.15, 0.2) is 53.7 Å². The van der Waals surface area contributed by atoms with Gasteiger partial charge in [0, 0.05) is 11.8 Å². The number of benzene rings is 2. The summed E-state index contributed by atoms with van der Waals surface area (Å²) < 4.78 is 25.5. The summed E-state index contributed by atoms with van der Waals surface area (Å²) in [7, 11) is -3.53. The first-order valence-electron chi connectivity index (χ1n) is 7.12. The highest BCUT2D eigenvalue weighted by Gasteiger charge is 2.21. The normalized spacial score (nSPS) is 11.7. The second kappa shape index (κ2) is 5.62. The number of nitrogens with zero attached hydrogens (tertiary/aromatic N) is 2. The number of aromatic nitrogens is 2. The second-order valence-corrected chi connectivity index (χ2v) is 7.39. The van der Waals surface area contributed by atoms with Crippen LogP contribution in [0, 0.1) is 6.92 Å². The molecule has 0 aliphatic rings. The minimum absolute atomic E-state index is 0.0617. The van der Waals surface area contributed by atoms with Crippen LogP contribution in [-0.2, 0) is 16.4 Å². The molecular formula is C17H16N2O3S. The summed E-state index contributed by atoms with van der Waals surface area (Å²) in [5, 5.41) is -0.0827. The van der Waals surface area contributed by atoms with Gasteiger partial charge in [0.2, 0.25) is 15.0 Å². The molecule has 0 saturated carbocycles. The van der Waals surface area contributed by atoms with Gasteiger partial charge in [-0.1, -0.05) is 36.4 Å². The zero-order chi connectivity index (χ0) is 16.6. The van der Waals surface area contributed by atoms with E-state index in [0.717, 1.165) is 11.8 Å². The number of carbonyl (C=O) groups excluding carboxylic acids is 1. The van der Waals surface area contributed by atoms with Crippen LogP contribution in [0.25, 0.3) is 11.0 Å². The molecule has 1 aromatic heterocycles. The Morgan fingerprint density at radius 3 is 2.43 bits per heavy atom. The molecule has 0 amide bonds. The van der Waals surface area contributed by atoms with E-state index in [1.54, 1.807) is 36.4 Å². The van der Waals surface area contributed by atoms with Gasteiger partial charge in [0.1, 0.15) is 0 Å². The van der Waals surface area contributed by atoms with Crippen molar-refractivity contribution in [1.29, 1.82) is 0 Å². The molecule has 0 saturated heterocycles. The average Bonchev–Trinajstić information content (AvgIpc) is 2.87. The van der Waals surface area contributed by atoms with Crippen molar-refractivity contribution in [1.82, 2.24) is 9.55 Å². The molecule has 3 aromatic rings. The summed E-state index contributed by atoms with van der Waals surface area (Å²) in [6, 6.07) is 14.3. The molecule has 0 N–H and O–H groups in total. The van der Waals surface area contributed by atoms with E-state index in [4.69, 9.17) is 0 Å². The van der Waals surface area contributed by atoms with Crippen LogP contribution in [0.5, 0.6) is 0 Å². The van der Waals surface area contributed by atoms with Crippen LogP contribution < -0.4 is 0 Å². The fraction of sp³-hybridized carbons (Fsp3) is 0.176. The summed E-state index contributed by atoms with van der Waals surface area (Å²) >= 11 is 0. The predicted octanol–water partition coefficient (Wildman–Crippen LogP) is 2.63. The Labute approximate surface area is 134 Å². The number of carbonyl (C=O) groups is 1. The number of imidazole rings is 1. The van der Waals surface area contributed by atoms with E-state index >= 15 is 0 Å². The van der Waals surface area contributed by atoms with Crippen molar-refractivity contribution in [3.63, 3.8) is 0 Å². The monoisotopic (exact) mass is 328 g/mol. The van der Waals surface area contributed by atoms with E-state index in [0.29, 0.717) is 16.6 Å². The van der Waals surface area contributed by atoms with Gasteiger partial charge < -0.3 is 4.57 Å². The van der Waals surface area contributed by atoms with Gasteiger partial charge in [0.05, 0.1) is 17.6 Å². The molecule has 1 heterocycles. The third-order valence-corrected chi connectivity index (χ3v) is 4.67. The summed E-state index contributed by atoms with van der Waals surface area (Å²) in [4.78, 5) is 16.8. The number of hydrogen-bond acceptors (Lipinski definition) is 4. The van der Waals surface area contributed by atoms with Gasteiger partial charge in [0.25, 0.3) is 0 Å². The number of rotatable bonds is 4. The fourth-order valence-corrected chi connectivity index (χ4v) is 3.43. The van der Waals surface area contributed by atoms with Crippen LogP contribution in [-0.4, -0.2) is 30.0 Å². The molecule has 0 unspecified atom stereocenters. The molecule has 0 aliphatic carbocycles. The number of hydrogen-bond donors (Lipinski definition) is 0. The predicted molar refractivity (Wildman–Crippen MR) is 88.4 cm³/mol. The highest BCUT2D eigenvalue weighted by Crippen LogP contribution is 2.20. The van der Waals surface area contributed by atoms with Crippen LogP contribution >= 0.6 is 0 Å². The molecule has 6 heteroatoms. The maximum absolute atomic E-state index is 12.6. The van der Waals surface area contributed by atoms with Gasteiger partial charge >= 0.3 is 0 Å². The van der Waals surface area contributed by atoms with Gasteiger partial charge in [-0.2, -0.15) is 0 Å². The Morgan fingerprint density at radius 1 is 1.09 bits per heavy atom. The average molecular weight is 328 g/mol. The van der Waals surface area contributed by atoms with Gasteiger partial charge in [-0.15, -0.1) is 0 Å². The number of Topliss-reactive ketones (excluding diaryl/α,β-unsaturated/α-hetero) is 1. The molecule has 0 aliphatic heterocycles. The zero-order valence-electron chi connectivity index (χ0n) is 12.9. The van der Waals surface area contributed by atoms with Crippen molar-refractivity contribution in [3.05, 3.63) is 59.7 Å². The standard InChI is InChI=1S/C17H16N2O3S/c1-12-7-3-4-8-13(12)16(20)11-19-15-10-6-5-9-14(15)18-17(19)23(2,21)22/h3-10H,11H2,1-2H3. The van der Waals surface area contributed by atoms with Gasteiger partial charge in [0.15, 0.2) is 5.78 Å². The van der Waals surface area contributed by atoms with Crippen LogP contribution in [0.4, 0.5) is 0 Å². The van der Waals surface area contributed by atoms with Crippen LogP contribution in [0.2, 0.25) is 0 Å². The number of fused-ring (bicyclic) bond motifs is 1. The molecule has 0 bridgehead atoms.